The Hall–Kier alpha value is -3.68. The summed E-state index contributed by atoms with van der Waals surface area (Å²) in [6.45, 7) is 0. The predicted octanol–water partition coefficient (Wildman–Crippen LogP) is 3.27. The largest absolute Gasteiger partial charge is 0.452 e. The van der Waals surface area contributed by atoms with Gasteiger partial charge >= 0.3 is 6.09 Å². The van der Waals surface area contributed by atoms with Gasteiger partial charge in [0, 0.05) is 32.3 Å². The molecule has 0 saturated heterocycles. The number of nitro benzene ring substituents is 1. The molecule has 8 nitrogen and oxygen atoms in total. The van der Waals surface area contributed by atoms with Crippen LogP contribution in [0.15, 0.2) is 48.2 Å². The standard InChI is InChI=1S/C18H14N2O6/c1-19(2)18(22)25-13-7-8-14-15(10-13)26-16(17(14)21)9-11-3-5-12(6-4-11)20(23)24/h3-10H,1-2H3/b16-9-. The van der Waals surface area contributed by atoms with Gasteiger partial charge in [-0.05, 0) is 35.9 Å². The number of hydrogen-bond donors (Lipinski definition) is 0. The van der Waals surface area contributed by atoms with Gasteiger partial charge in [-0.2, -0.15) is 0 Å². The van der Waals surface area contributed by atoms with Crippen molar-refractivity contribution in [2.75, 3.05) is 14.1 Å². The molecule has 1 amide bonds. The molecule has 26 heavy (non-hydrogen) atoms. The fourth-order valence-corrected chi connectivity index (χ4v) is 2.27. The average Bonchev–Trinajstić information content (AvgIpc) is 2.90. The summed E-state index contributed by atoms with van der Waals surface area (Å²) < 4.78 is 10.7. The van der Waals surface area contributed by atoms with Crippen molar-refractivity contribution in [1.82, 2.24) is 4.90 Å². The van der Waals surface area contributed by atoms with Gasteiger partial charge in [-0.3, -0.25) is 14.9 Å². The van der Waals surface area contributed by atoms with E-state index in [1.807, 2.05) is 0 Å². The third kappa shape index (κ3) is 3.39. The van der Waals surface area contributed by atoms with E-state index < -0.39 is 11.0 Å². The van der Waals surface area contributed by atoms with Crippen molar-refractivity contribution in [2.24, 2.45) is 0 Å². The van der Waals surface area contributed by atoms with Crippen LogP contribution in [-0.4, -0.2) is 35.8 Å². The average molecular weight is 354 g/mol. The number of nitrogens with zero attached hydrogens (tertiary/aromatic N) is 2. The maximum Gasteiger partial charge on any atom is 0.414 e. The molecular weight excluding hydrogens is 340 g/mol. The number of non-ortho nitro benzene ring substituents is 1. The van der Waals surface area contributed by atoms with Gasteiger partial charge in [0.1, 0.15) is 11.5 Å². The number of rotatable bonds is 3. The predicted molar refractivity (Wildman–Crippen MR) is 92.2 cm³/mol. The minimum atomic E-state index is -0.545. The number of nitro groups is 1. The molecule has 1 heterocycles. The van der Waals surface area contributed by atoms with E-state index in [-0.39, 0.29) is 28.7 Å². The number of carbonyl (C=O) groups is 2. The van der Waals surface area contributed by atoms with Crippen LogP contribution >= 0.6 is 0 Å². The highest BCUT2D eigenvalue weighted by molar-refractivity contribution is 6.14. The molecule has 0 aliphatic carbocycles. The van der Waals surface area contributed by atoms with Gasteiger partial charge in [0.2, 0.25) is 5.78 Å². The highest BCUT2D eigenvalue weighted by Gasteiger charge is 2.28. The van der Waals surface area contributed by atoms with E-state index in [0.717, 1.165) is 0 Å². The molecule has 2 aromatic rings. The number of fused-ring (bicyclic) bond motifs is 1. The van der Waals surface area contributed by atoms with Crippen molar-refractivity contribution in [3.63, 3.8) is 0 Å². The Balaban J connectivity index is 1.82. The summed E-state index contributed by atoms with van der Waals surface area (Å²) in [4.78, 5) is 35.5. The van der Waals surface area contributed by atoms with E-state index in [4.69, 9.17) is 9.47 Å². The summed E-state index contributed by atoms with van der Waals surface area (Å²) in [5.41, 5.74) is 0.898. The zero-order valence-corrected chi connectivity index (χ0v) is 14.0. The lowest BCUT2D eigenvalue weighted by molar-refractivity contribution is -0.384. The van der Waals surface area contributed by atoms with Crippen LogP contribution in [0.1, 0.15) is 15.9 Å². The molecule has 132 valence electrons. The molecule has 2 aromatic carbocycles. The molecule has 0 atom stereocenters. The number of allylic oxidation sites excluding steroid dienone is 1. The van der Waals surface area contributed by atoms with Crippen LogP contribution in [0.2, 0.25) is 0 Å². The monoisotopic (exact) mass is 354 g/mol. The second-order valence-corrected chi connectivity index (χ2v) is 5.71. The smallest absolute Gasteiger partial charge is 0.414 e. The number of carbonyl (C=O) groups excluding carboxylic acids is 2. The Morgan fingerprint density at radius 2 is 1.88 bits per heavy atom. The topological polar surface area (TPSA) is 99.0 Å². The molecule has 0 aromatic heterocycles. The van der Waals surface area contributed by atoms with Gasteiger partial charge < -0.3 is 14.4 Å². The summed E-state index contributed by atoms with van der Waals surface area (Å²) in [5, 5.41) is 10.7. The van der Waals surface area contributed by atoms with Gasteiger partial charge in [0.05, 0.1) is 10.5 Å². The molecule has 0 saturated carbocycles. The highest BCUT2D eigenvalue weighted by Crippen LogP contribution is 2.35. The summed E-state index contributed by atoms with van der Waals surface area (Å²) in [6, 6.07) is 10.2. The van der Waals surface area contributed by atoms with Crippen molar-refractivity contribution in [3.8, 4) is 11.5 Å². The van der Waals surface area contributed by atoms with Gasteiger partial charge in [-0.1, -0.05) is 0 Å². The number of ketones is 1. The Morgan fingerprint density at radius 3 is 2.50 bits per heavy atom. The molecule has 0 fully saturated rings. The molecule has 3 rings (SSSR count). The van der Waals surface area contributed by atoms with E-state index in [9.17, 15) is 19.7 Å². The zero-order valence-electron chi connectivity index (χ0n) is 14.0. The summed E-state index contributed by atoms with van der Waals surface area (Å²) >= 11 is 0. The minimum Gasteiger partial charge on any atom is -0.452 e. The Labute approximate surface area is 148 Å². The number of hydrogen-bond acceptors (Lipinski definition) is 6. The van der Waals surface area contributed by atoms with Crippen LogP contribution in [-0.2, 0) is 0 Å². The first-order valence-electron chi connectivity index (χ1n) is 7.57. The van der Waals surface area contributed by atoms with Crippen LogP contribution < -0.4 is 9.47 Å². The lowest BCUT2D eigenvalue weighted by Gasteiger charge is -2.10. The molecule has 0 radical (unpaired) electrons. The summed E-state index contributed by atoms with van der Waals surface area (Å²) in [5.74, 6) is 0.313. The van der Waals surface area contributed by atoms with Crippen LogP contribution in [0.4, 0.5) is 10.5 Å². The lowest BCUT2D eigenvalue weighted by Crippen LogP contribution is -2.25. The second kappa shape index (κ2) is 6.67. The van der Waals surface area contributed by atoms with Gasteiger partial charge in [0.15, 0.2) is 5.76 Å². The number of ether oxygens (including phenoxy) is 2. The van der Waals surface area contributed by atoms with E-state index in [0.29, 0.717) is 11.1 Å². The fourth-order valence-electron chi connectivity index (χ4n) is 2.27. The maximum atomic E-state index is 12.4. The molecule has 0 spiro atoms. The van der Waals surface area contributed by atoms with Gasteiger partial charge in [-0.25, -0.2) is 4.79 Å². The van der Waals surface area contributed by atoms with Crippen LogP contribution in [0.25, 0.3) is 6.08 Å². The van der Waals surface area contributed by atoms with Gasteiger partial charge in [0.25, 0.3) is 5.69 Å². The second-order valence-electron chi connectivity index (χ2n) is 5.71. The Bertz CT molecular complexity index is 931. The molecular formula is C18H14N2O6. The van der Waals surface area contributed by atoms with E-state index >= 15 is 0 Å². The van der Waals surface area contributed by atoms with Crippen LogP contribution in [0.5, 0.6) is 11.5 Å². The first kappa shape index (κ1) is 17.2. The van der Waals surface area contributed by atoms with E-state index in [2.05, 4.69) is 0 Å². The first-order chi connectivity index (χ1) is 12.3. The molecule has 0 N–H and O–H groups in total. The molecule has 8 heteroatoms. The van der Waals surface area contributed by atoms with Crippen molar-refractivity contribution in [2.45, 2.75) is 0 Å². The fraction of sp³-hybridized carbons (Fsp3) is 0.111. The quantitative estimate of drug-likeness (QED) is 0.476. The lowest BCUT2D eigenvalue weighted by atomic mass is 10.1. The third-order valence-electron chi connectivity index (χ3n) is 3.61. The normalized spacial score (nSPS) is 13.9. The van der Waals surface area contributed by atoms with Crippen molar-refractivity contribution in [1.29, 1.82) is 0 Å². The van der Waals surface area contributed by atoms with E-state index in [1.165, 1.54) is 53.4 Å². The first-order valence-corrected chi connectivity index (χ1v) is 7.57. The Morgan fingerprint density at radius 1 is 1.19 bits per heavy atom. The molecule has 1 aliphatic heterocycles. The molecule has 0 unspecified atom stereocenters. The Kier molecular flexibility index (Phi) is 4.40. The van der Waals surface area contributed by atoms with Crippen molar-refractivity contribution in [3.05, 3.63) is 69.5 Å². The van der Waals surface area contributed by atoms with Crippen molar-refractivity contribution < 1.29 is 24.0 Å². The van der Waals surface area contributed by atoms with Gasteiger partial charge in [-0.15, -0.1) is 0 Å². The van der Waals surface area contributed by atoms with Crippen LogP contribution in [0, 0.1) is 10.1 Å². The number of amides is 1. The maximum absolute atomic E-state index is 12.4. The zero-order chi connectivity index (χ0) is 18.8. The summed E-state index contributed by atoms with van der Waals surface area (Å²) in [6.07, 6.45) is 0.952. The SMILES string of the molecule is CN(C)C(=O)Oc1ccc2c(c1)O/C(=C\c1ccc([N+](=O)[O-])cc1)C2=O. The van der Waals surface area contributed by atoms with Crippen LogP contribution in [0.3, 0.4) is 0 Å². The minimum absolute atomic E-state index is 0.0403. The highest BCUT2D eigenvalue weighted by atomic mass is 16.6. The number of Topliss-reactive ketones (excluding diaryl/α,β-unsaturated/α-hetero) is 1. The van der Waals surface area contributed by atoms with E-state index in [1.54, 1.807) is 14.1 Å². The number of benzene rings is 2. The molecule has 0 bridgehead atoms. The molecule has 1 aliphatic rings. The summed E-state index contributed by atoms with van der Waals surface area (Å²) in [7, 11) is 3.11. The third-order valence-corrected chi connectivity index (χ3v) is 3.61. The van der Waals surface area contributed by atoms with Crippen molar-refractivity contribution >= 4 is 23.6 Å².